The third kappa shape index (κ3) is 3.08. The lowest BCUT2D eigenvalue weighted by Crippen LogP contribution is -2.57. The molecule has 7 heteroatoms. The number of hydrogen-bond donors (Lipinski definition) is 1. The summed E-state index contributed by atoms with van der Waals surface area (Å²) in [7, 11) is 0. The molecule has 4 heterocycles. The number of imidazole rings is 1. The van der Waals surface area contributed by atoms with E-state index in [1.165, 1.54) is 24.2 Å². The Labute approximate surface area is 160 Å². The Morgan fingerprint density at radius 1 is 1.30 bits per heavy atom. The number of carbonyl (C=O) groups is 1. The van der Waals surface area contributed by atoms with Gasteiger partial charge in [-0.2, -0.15) is 0 Å². The van der Waals surface area contributed by atoms with Crippen LogP contribution in [-0.2, 0) is 12.0 Å². The molecule has 1 spiro atoms. The van der Waals surface area contributed by atoms with Crippen LogP contribution in [0, 0.1) is 13.8 Å². The largest absolute Gasteiger partial charge is 0.436 e. The molecule has 1 N–H and O–H groups in total. The highest BCUT2D eigenvalue weighted by molar-refractivity contribution is 5.92. The van der Waals surface area contributed by atoms with Gasteiger partial charge in [-0.15, -0.1) is 0 Å². The van der Waals surface area contributed by atoms with Gasteiger partial charge in [0.25, 0.3) is 5.91 Å². The first-order valence-electron chi connectivity index (χ1n) is 10.1. The highest BCUT2D eigenvalue weighted by Gasteiger charge is 2.47. The summed E-state index contributed by atoms with van der Waals surface area (Å²) in [5.41, 5.74) is 3.09. The maximum atomic E-state index is 12.9. The van der Waals surface area contributed by atoms with Gasteiger partial charge in [0.1, 0.15) is 0 Å². The lowest BCUT2D eigenvalue weighted by Gasteiger charge is -2.50. The number of rotatable bonds is 4. The summed E-state index contributed by atoms with van der Waals surface area (Å²) < 4.78 is 5.55. The topological polar surface area (TPSA) is 78.3 Å². The maximum absolute atomic E-state index is 12.9. The number of aryl methyl sites for hydroxylation is 2. The second-order valence-electron chi connectivity index (χ2n) is 7.79. The first-order valence-corrected chi connectivity index (χ1v) is 10.1. The van der Waals surface area contributed by atoms with Crippen molar-refractivity contribution < 1.29 is 9.21 Å². The molecule has 4 rings (SSSR count). The van der Waals surface area contributed by atoms with Crippen LogP contribution >= 0.6 is 0 Å². The smallest absolute Gasteiger partial charge is 0.291 e. The molecule has 0 radical (unpaired) electrons. The SMILES string of the molecule is CCCCN1CCc2[nH]cnc2C12CCN(C(=O)c1oc(C)nc1C)CC2. The van der Waals surface area contributed by atoms with Crippen molar-refractivity contribution in [3.8, 4) is 0 Å². The summed E-state index contributed by atoms with van der Waals surface area (Å²) >= 11 is 0. The maximum Gasteiger partial charge on any atom is 0.291 e. The monoisotopic (exact) mass is 371 g/mol. The number of H-pyrrole nitrogens is 1. The minimum absolute atomic E-state index is 0.0406. The number of amides is 1. The summed E-state index contributed by atoms with van der Waals surface area (Å²) in [6, 6.07) is 0. The number of piperidine rings is 1. The molecular formula is C20H29N5O2. The van der Waals surface area contributed by atoms with Gasteiger partial charge < -0.3 is 14.3 Å². The summed E-state index contributed by atoms with van der Waals surface area (Å²) in [5, 5.41) is 0. The zero-order chi connectivity index (χ0) is 19.0. The van der Waals surface area contributed by atoms with Crippen molar-refractivity contribution in [3.63, 3.8) is 0 Å². The van der Waals surface area contributed by atoms with E-state index in [0.29, 0.717) is 30.4 Å². The summed E-state index contributed by atoms with van der Waals surface area (Å²) in [6.45, 7) is 9.43. The molecule has 7 nitrogen and oxygen atoms in total. The summed E-state index contributed by atoms with van der Waals surface area (Å²) in [4.78, 5) is 29.7. The van der Waals surface area contributed by atoms with E-state index in [1.807, 2.05) is 18.2 Å². The van der Waals surface area contributed by atoms with E-state index in [1.54, 1.807) is 6.92 Å². The molecule has 1 fully saturated rings. The third-order valence-electron chi connectivity index (χ3n) is 6.15. The molecule has 0 unspecified atom stereocenters. The van der Waals surface area contributed by atoms with E-state index in [4.69, 9.17) is 9.40 Å². The van der Waals surface area contributed by atoms with Crippen molar-refractivity contribution in [2.24, 2.45) is 0 Å². The minimum atomic E-state index is -0.0497. The quantitative estimate of drug-likeness (QED) is 0.894. The first-order chi connectivity index (χ1) is 13.0. The van der Waals surface area contributed by atoms with Gasteiger partial charge in [0.2, 0.25) is 5.76 Å². The molecule has 0 saturated carbocycles. The van der Waals surface area contributed by atoms with Gasteiger partial charge in [-0.1, -0.05) is 13.3 Å². The van der Waals surface area contributed by atoms with Gasteiger partial charge in [0.05, 0.1) is 23.3 Å². The van der Waals surface area contributed by atoms with Crippen molar-refractivity contribution in [3.05, 3.63) is 35.1 Å². The number of fused-ring (bicyclic) bond motifs is 2. The number of oxazole rings is 1. The molecule has 27 heavy (non-hydrogen) atoms. The molecule has 1 amide bonds. The third-order valence-corrected chi connectivity index (χ3v) is 6.15. The Hall–Kier alpha value is -2.15. The van der Waals surface area contributed by atoms with Crippen LogP contribution in [0.15, 0.2) is 10.7 Å². The minimum Gasteiger partial charge on any atom is -0.436 e. The van der Waals surface area contributed by atoms with Crippen molar-refractivity contribution in [2.75, 3.05) is 26.2 Å². The Morgan fingerprint density at radius 2 is 2.07 bits per heavy atom. The van der Waals surface area contributed by atoms with Crippen molar-refractivity contribution in [1.29, 1.82) is 0 Å². The van der Waals surface area contributed by atoms with E-state index in [0.717, 1.165) is 32.4 Å². The van der Waals surface area contributed by atoms with E-state index in [-0.39, 0.29) is 11.4 Å². The highest BCUT2D eigenvalue weighted by Crippen LogP contribution is 2.42. The lowest BCUT2D eigenvalue weighted by atomic mass is 9.78. The zero-order valence-electron chi connectivity index (χ0n) is 16.5. The number of nitrogens with zero attached hydrogens (tertiary/aromatic N) is 4. The van der Waals surface area contributed by atoms with Gasteiger partial charge in [0.15, 0.2) is 5.89 Å². The predicted octanol–water partition coefficient (Wildman–Crippen LogP) is 2.80. The van der Waals surface area contributed by atoms with Crippen LogP contribution in [0.4, 0.5) is 0 Å². The van der Waals surface area contributed by atoms with Gasteiger partial charge in [-0.3, -0.25) is 9.69 Å². The number of unbranched alkanes of at least 4 members (excludes halogenated alkanes) is 1. The predicted molar refractivity (Wildman–Crippen MR) is 102 cm³/mol. The summed E-state index contributed by atoms with van der Waals surface area (Å²) in [5.74, 6) is 0.889. The van der Waals surface area contributed by atoms with Gasteiger partial charge in [-0.05, 0) is 32.7 Å². The van der Waals surface area contributed by atoms with Crippen LogP contribution in [-0.4, -0.2) is 56.8 Å². The summed E-state index contributed by atoms with van der Waals surface area (Å²) in [6.07, 6.45) is 7.06. The molecule has 1 saturated heterocycles. The number of likely N-dealkylation sites (tertiary alicyclic amines) is 1. The fourth-order valence-corrected chi connectivity index (χ4v) is 4.70. The molecule has 146 valence electrons. The van der Waals surface area contributed by atoms with Gasteiger partial charge in [0, 0.05) is 38.7 Å². The Bertz CT molecular complexity index is 816. The zero-order valence-corrected chi connectivity index (χ0v) is 16.5. The number of hydrogen-bond acceptors (Lipinski definition) is 5. The van der Waals surface area contributed by atoms with E-state index in [2.05, 4.69) is 21.8 Å². The van der Waals surface area contributed by atoms with Crippen molar-refractivity contribution in [2.45, 2.75) is 58.4 Å². The normalized spacial score (nSPS) is 19.4. The first kappa shape index (κ1) is 18.2. The molecule has 2 aromatic heterocycles. The van der Waals surface area contributed by atoms with Crippen molar-refractivity contribution in [1.82, 2.24) is 24.8 Å². The van der Waals surface area contributed by atoms with E-state index < -0.39 is 0 Å². The number of aromatic amines is 1. The Morgan fingerprint density at radius 3 is 2.74 bits per heavy atom. The molecule has 0 aliphatic carbocycles. The average Bonchev–Trinajstić information content (AvgIpc) is 3.28. The van der Waals surface area contributed by atoms with Gasteiger partial charge in [-0.25, -0.2) is 9.97 Å². The van der Waals surface area contributed by atoms with Crippen LogP contribution in [0.2, 0.25) is 0 Å². The second-order valence-corrected chi connectivity index (χ2v) is 7.79. The molecular weight excluding hydrogens is 342 g/mol. The molecule has 0 aromatic carbocycles. The lowest BCUT2D eigenvalue weighted by molar-refractivity contribution is 0.00531. The van der Waals surface area contributed by atoms with Crippen LogP contribution in [0.3, 0.4) is 0 Å². The fraction of sp³-hybridized carbons (Fsp3) is 0.650. The highest BCUT2D eigenvalue weighted by atomic mass is 16.4. The number of carbonyl (C=O) groups excluding carboxylic acids is 1. The molecule has 0 bridgehead atoms. The number of aromatic nitrogens is 3. The standard InChI is InChI=1S/C20H29N5O2/c1-4-5-9-25-10-6-16-18(22-13-21-16)20(25)7-11-24(12-8-20)19(26)17-14(2)23-15(3)27-17/h13H,4-12H2,1-3H3,(H,21,22). The molecule has 2 aromatic rings. The van der Waals surface area contributed by atoms with Crippen LogP contribution in [0.5, 0.6) is 0 Å². The Balaban J connectivity index is 1.55. The molecule has 0 atom stereocenters. The fourth-order valence-electron chi connectivity index (χ4n) is 4.70. The second kappa shape index (κ2) is 7.11. The van der Waals surface area contributed by atoms with Crippen LogP contribution in [0.25, 0.3) is 0 Å². The van der Waals surface area contributed by atoms with E-state index >= 15 is 0 Å². The van der Waals surface area contributed by atoms with Crippen molar-refractivity contribution >= 4 is 5.91 Å². The van der Waals surface area contributed by atoms with E-state index in [9.17, 15) is 4.79 Å². The molecule has 2 aliphatic rings. The number of nitrogens with one attached hydrogen (secondary N) is 1. The Kier molecular flexibility index (Phi) is 4.80. The average molecular weight is 371 g/mol. The van der Waals surface area contributed by atoms with Crippen LogP contribution in [0.1, 0.15) is 66.1 Å². The van der Waals surface area contributed by atoms with Gasteiger partial charge >= 0.3 is 0 Å². The van der Waals surface area contributed by atoms with Crippen LogP contribution < -0.4 is 0 Å². The molecule has 2 aliphatic heterocycles.